The van der Waals surface area contributed by atoms with Crippen LogP contribution in [0.4, 0.5) is 5.13 Å². The molecule has 3 heterocycles. The number of aromatic nitrogens is 4. The molecule has 0 spiro atoms. The van der Waals surface area contributed by atoms with Crippen molar-refractivity contribution < 1.29 is 4.79 Å². The molecular formula is C20H25ClN6OS. The average molecular weight is 433 g/mol. The Morgan fingerprint density at radius 3 is 2.69 bits per heavy atom. The summed E-state index contributed by atoms with van der Waals surface area (Å²) in [6.07, 6.45) is 3.81. The lowest BCUT2D eigenvalue weighted by molar-refractivity contribution is -0.119. The van der Waals surface area contributed by atoms with Crippen LogP contribution in [0.3, 0.4) is 0 Å². The van der Waals surface area contributed by atoms with Crippen molar-refractivity contribution in [2.24, 2.45) is 13.0 Å². The van der Waals surface area contributed by atoms with Crippen LogP contribution >= 0.6 is 23.7 Å². The van der Waals surface area contributed by atoms with Crippen LogP contribution < -0.4 is 10.6 Å². The fourth-order valence-electron chi connectivity index (χ4n) is 3.64. The van der Waals surface area contributed by atoms with Gasteiger partial charge in [-0.1, -0.05) is 41.7 Å². The third-order valence-electron chi connectivity index (χ3n) is 5.39. The number of benzene rings is 1. The lowest BCUT2D eigenvalue weighted by Crippen LogP contribution is -2.28. The lowest BCUT2D eigenvalue weighted by atomic mass is 9.85. The van der Waals surface area contributed by atoms with E-state index in [1.165, 1.54) is 16.9 Å². The zero-order chi connectivity index (χ0) is 19.7. The van der Waals surface area contributed by atoms with Gasteiger partial charge in [0.05, 0.1) is 12.1 Å². The molecule has 1 amide bonds. The number of hydrogen-bond donors (Lipinski definition) is 2. The Bertz CT molecular complexity index is 970. The molecule has 1 aromatic carbocycles. The van der Waals surface area contributed by atoms with Crippen LogP contribution in [0.1, 0.15) is 35.9 Å². The second-order valence-electron chi connectivity index (χ2n) is 7.71. The first-order valence-corrected chi connectivity index (χ1v) is 10.2. The van der Waals surface area contributed by atoms with E-state index in [0.717, 1.165) is 17.1 Å². The van der Waals surface area contributed by atoms with Gasteiger partial charge in [0.1, 0.15) is 5.01 Å². The monoisotopic (exact) mass is 432 g/mol. The highest BCUT2D eigenvalue weighted by molar-refractivity contribution is 7.15. The predicted octanol–water partition coefficient (Wildman–Crippen LogP) is 2.96. The van der Waals surface area contributed by atoms with E-state index in [2.05, 4.69) is 51.9 Å². The van der Waals surface area contributed by atoms with Crippen LogP contribution in [0.25, 0.3) is 0 Å². The Morgan fingerprint density at radius 2 is 2.00 bits per heavy atom. The van der Waals surface area contributed by atoms with Gasteiger partial charge in [-0.25, -0.2) is 0 Å². The number of carbonyl (C=O) groups excluding carboxylic acids is 1. The highest BCUT2D eigenvalue weighted by Crippen LogP contribution is 2.35. The minimum Gasteiger partial charge on any atom is -0.315 e. The maximum Gasteiger partial charge on any atom is 0.231 e. The molecule has 9 heteroatoms. The van der Waals surface area contributed by atoms with Gasteiger partial charge in [-0.2, -0.15) is 5.10 Å². The largest absolute Gasteiger partial charge is 0.315 e. The summed E-state index contributed by atoms with van der Waals surface area (Å²) >= 11 is 1.43. The molecule has 0 saturated carbocycles. The molecule has 1 aliphatic heterocycles. The Hall–Kier alpha value is -2.29. The predicted molar refractivity (Wildman–Crippen MR) is 117 cm³/mol. The van der Waals surface area contributed by atoms with Crippen molar-refractivity contribution in [1.29, 1.82) is 0 Å². The molecule has 1 saturated heterocycles. The van der Waals surface area contributed by atoms with Crippen molar-refractivity contribution in [3.63, 3.8) is 0 Å². The van der Waals surface area contributed by atoms with E-state index in [0.29, 0.717) is 11.7 Å². The van der Waals surface area contributed by atoms with E-state index >= 15 is 0 Å². The van der Waals surface area contributed by atoms with Gasteiger partial charge in [0.2, 0.25) is 11.0 Å². The van der Waals surface area contributed by atoms with Crippen LogP contribution in [0, 0.1) is 5.92 Å². The Morgan fingerprint density at radius 1 is 1.24 bits per heavy atom. The number of hydrogen-bond acceptors (Lipinski definition) is 6. The summed E-state index contributed by atoms with van der Waals surface area (Å²) < 4.78 is 1.77. The standard InChI is InChI=1S/C20H24N6OS.ClH/c1-20(2,14-7-5-4-6-8-14)18-24-25-19(28-18)23-17(27)16-11-21-10-15(16)13-9-22-26(3)12-13;/h4-9,12,15-16,21H,10-11H2,1-3H3,(H,23,25,27);1H/t15-,16+;/m1./s1. The summed E-state index contributed by atoms with van der Waals surface area (Å²) in [4.78, 5) is 12.9. The van der Waals surface area contributed by atoms with Crippen LogP contribution in [0.2, 0.25) is 0 Å². The number of aryl methyl sites for hydroxylation is 1. The van der Waals surface area contributed by atoms with Gasteiger partial charge in [-0.3, -0.25) is 9.48 Å². The van der Waals surface area contributed by atoms with Crippen molar-refractivity contribution >= 4 is 34.8 Å². The van der Waals surface area contributed by atoms with Crippen LogP contribution in [-0.4, -0.2) is 39.0 Å². The van der Waals surface area contributed by atoms with Crippen LogP contribution in [0.5, 0.6) is 0 Å². The average Bonchev–Trinajstić information content (AvgIpc) is 3.42. The lowest BCUT2D eigenvalue weighted by Gasteiger charge is -2.21. The first-order valence-electron chi connectivity index (χ1n) is 9.35. The molecule has 154 valence electrons. The highest BCUT2D eigenvalue weighted by Gasteiger charge is 2.35. The minimum atomic E-state index is -0.269. The summed E-state index contributed by atoms with van der Waals surface area (Å²) in [5.41, 5.74) is 1.98. The van der Waals surface area contributed by atoms with Crippen molar-refractivity contribution in [2.75, 3.05) is 18.4 Å². The molecular weight excluding hydrogens is 408 g/mol. The first kappa shape index (κ1) is 21.4. The molecule has 2 atom stereocenters. The molecule has 3 aromatic rings. The number of halogens is 1. The van der Waals surface area contributed by atoms with Gasteiger partial charge in [0.15, 0.2) is 0 Å². The quantitative estimate of drug-likeness (QED) is 0.647. The van der Waals surface area contributed by atoms with Crippen molar-refractivity contribution in [1.82, 2.24) is 25.3 Å². The SMILES string of the molecule is Cl.Cn1cc([C@H]2CNC[C@@H]2C(=O)Nc2nnc(C(C)(C)c3ccccc3)s2)cn1. The zero-order valence-electron chi connectivity index (χ0n) is 16.6. The van der Waals surface area contributed by atoms with Crippen molar-refractivity contribution in [3.05, 3.63) is 58.9 Å². The van der Waals surface area contributed by atoms with Gasteiger partial charge in [-0.15, -0.1) is 22.6 Å². The smallest absolute Gasteiger partial charge is 0.231 e. The Labute approximate surface area is 180 Å². The Kier molecular flexibility index (Phi) is 6.36. The second kappa shape index (κ2) is 8.61. The second-order valence-corrected chi connectivity index (χ2v) is 8.69. The van der Waals surface area contributed by atoms with Gasteiger partial charge in [0, 0.05) is 37.7 Å². The Balaban J connectivity index is 0.00000240. The van der Waals surface area contributed by atoms with Gasteiger partial charge in [0.25, 0.3) is 0 Å². The summed E-state index contributed by atoms with van der Waals surface area (Å²) in [7, 11) is 1.89. The number of amides is 1. The molecule has 2 aromatic heterocycles. The summed E-state index contributed by atoms with van der Waals surface area (Å²) in [5, 5.41) is 20.5. The molecule has 7 nitrogen and oxygen atoms in total. The van der Waals surface area contributed by atoms with E-state index in [1.807, 2.05) is 37.6 Å². The normalized spacial score (nSPS) is 19.0. The fourth-order valence-corrected chi connectivity index (χ4v) is 4.51. The molecule has 0 bridgehead atoms. The van der Waals surface area contributed by atoms with Crippen molar-refractivity contribution in [3.8, 4) is 0 Å². The number of rotatable bonds is 5. The third-order valence-corrected chi connectivity index (χ3v) is 6.55. The summed E-state index contributed by atoms with van der Waals surface area (Å²) in [5.74, 6) is -0.0698. The number of nitrogens with one attached hydrogen (secondary N) is 2. The molecule has 29 heavy (non-hydrogen) atoms. The molecule has 0 unspecified atom stereocenters. The van der Waals surface area contributed by atoms with Gasteiger partial charge < -0.3 is 10.6 Å². The number of anilines is 1. The van der Waals surface area contributed by atoms with Crippen LogP contribution in [-0.2, 0) is 17.3 Å². The molecule has 0 aliphatic carbocycles. The molecule has 1 aliphatic rings. The van der Waals surface area contributed by atoms with E-state index < -0.39 is 0 Å². The summed E-state index contributed by atoms with van der Waals surface area (Å²) in [6.45, 7) is 5.65. The fraction of sp³-hybridized carbons (Fsp3) is 0.400. The zero-order valence-corrected chi connectivity index (χ0v) is 18.3. The third kappa shape index (κ3) is 4.34. The van der Waals surface area contributed by atoms with E-state index in [9.17, 15) is 4.79 Å². The molecule has 0 radical (unpaired) electrons. The van der Waals surface area contributed by atoms with Crippen molar-refractivity contribution in [2.45, 2.75) is 25.2 Å². The molecule has 1 fully saturated rings. The number of carbonyl (C=O) groups is 1. The molecule has 2 N–H and O–H groups in total. The van der Waals surface area contributed by atoms with E-state index in [4.69, 9.17) is 0 Å². The highest BCUT2D eigenvalue weighted by atomic mass is 35.5. The maximum atomic E-state index is 12.9. The molecule has 4 rings (SSSR count). The van der Waals surface area contributed by atoms with Gasteiger partial charge >= 0.3 is 0 Å². The summed E-state index contributed by atoms with van der Waals surface area (Å²) in [6, 6.07) is 10.2. The number of nitrogens with zero attached hydrogens (tertiary/aromatic N) is 4. The maximum absolute atomic E-state index is 12.9. The van der Waals surface area contributed by atoms with E-state index in [1.54, 1.807) is 4.68 Å². The minimum absolute atomic E-state index is 0. The van der Waals surface area contributed by atoms with E-state index in [-0.39, 0.29) is 35.6 Å². The van der Waals surface area contributed by atoms with Crippen LogP contribution in [0.15, 0.2) is 42.7 Å². The first-order chi connectivity index (χ1) is 13.4. The van der Waals surface area contributed by atoms with Gasteiger partial charge in [-0.05, 0) is 25.0 Å². The topological polar surface area (TPSA) is 84.7 Å².